The Kier molecular flexibility index (Phi) is 6.54. The molecule has 1 rings (SSSR count). The summed E-state index contributed by atoms with van der Waals surface area (Å²) >= 11 is 0. The molecule has 0 radical (unpaired) electrons. The largest absolute Gasteiger partial charge is 0.479 e. The predicted molar refractivity (Wildman–Crippen MR) is 74.0 cm³/mol. The van der Waals surface area contributed by atoms with Crippen molar-refractivity contribution in [3.63, 3.8) is 0 Å². The van der Waals surface area contributed by atoms with Crippen LogP contribution in [0.25, 0.3) is 0 Å². The number of aromatic nitrogens is 2. The van der Waals surface area contributed by atoms with Gasteiger partial charge in [-0.25, -0.2) is 9.48 Å². The van der Waals surface area contributed by atoms with E-state index in [1.807, 2.05) is 6.92 Å². The van der Waals surface area contributed by atoms with Crippen LogP contribution in [0.1, 0.15) is 36.7 Å². The lowest BCUT2D eigenvalue weighted by Gasteiger charge is -2.08. The standard InChI is InChI=1S/C13H19N3O5/c1-2-3-8-16-11(18)5-4-9(15-16)12(19)14-7-6-10(17)13(20)21/h4-5,10,17H,2-3,6-8H2,1H3,(H,14,19)(H,20,21). The minimum Gasteiger partial charge on any atom is -0.479 e. The number of amides is 1. The summed E-state index contributed by atoms with van der Waals surface area (Å²) in [4.78, 5) is 33.8. The van der Waals surface area contributed by atoms with Crippen molar-refractivity contribution >= 4 is 11.9 Å². The van der Waals surface area contributed by atoms with Gasteiger partial charge in [0.25, 0.3) is 11.5 Å². The second-order valence-corrected chi connectivity index (χ2v) is 4.53. The Bertz CT molecular complexity index is 555. The highest BCUT2D eigenvalue weighted by Gasteiger charge is 2.14. The SMILES string of the molecule is CCCCn1nc(C(=O)NCCC(O)C(=O)O)ccc1=O. The van der Waals surface area contributed by atoms with Gasteiger partial charge in [-0.05, 0) is 12.5 Å². The molecule has 3 N–H and O–H groups in total. The zero-order chi connectivity index (χ0) is 15.8. The fraction of sp³-hybridized carbons (Fsp3) is 0.538. The van der Waals surface area contributed by atoms with E-state index in [0.717, 1.165) is 12.8 Å². The van der Waals surface area contributed by atoms with Crippen LogP contribution < -0.4 is 10.9 Å². The summed E-state index contributed by atoms with van der Waals surface area (Å²) in [6, 6.07) is 2.58. The first-order chi connectivity index (χ1) is 9.95. The first-order valence-electron chi connectivity index (χ1n) is 6.73. The lowest BCUT2D eigenvalue weighted by molar-refractivity contribution is -0.146. The molecule has 0 fully saturated rings. The molecule has 0 saturated heterocycles. The number of carbonyl (C=O) groups is 2. The van der Waals surface area contributed by atoms with E-state index in [1.54, 1.807) is 0 Å². The second-order valence-electron chi connectivity index (χ2n) is 4.53. The van der Waals surface area contributed by atoms with Crippen molar-refractivity contribution in [2.24, 2.45) is 0 Å². The first-order valence-corrected chi connectivity index (χ1v) is 6.73. The van der Waals surface area contributed by atoms with Crippen molar-refractivity contribution < 1.29 is 19.8 Å². The highest BCUT2D eigenvalue weighted by Crippen LogP contribution is 1.95. The summed E-state index contributed by atoms with van der Waals surface area (Å²) in [5, 5.41) is 24.0. The summed E-state index contributed by atoms with van der Waals surface area (Å²) in [5.41, 5.74) is -0.197. The molecule has 0 spiro atoms. The number of carboxylic acids is 1. The normalized spacial score (nSPS) is 11.9. The lowest BCUT2D eigenvalue weighted by Crippen LogP contribution is -2.32. The quantitative estimate of drug-likeness (QED) is 0.600. The molecule has 1 amide bonds. The van der Waals surface area contributed by atoms with Crippen molar-refractivity contribution in [2.75, 3.05) is 6.54 Å². The number of rotatable bonds is 8. The molecule has 1 unspecified atom stereocenters. The average Bonchev–Trinajstić information content (AvgIpc) is 2.45. The molecule has 8 nitrogen and oxygen atoms in total. The fourth-order valence-corrected chi connectivity index (χ4v) is 1.57. The number of aliphatic hydroxyl groups excluding tert-OH is 1. The van der Waals surface area contributed by atoms with Crippen LogP contribution in [0.3, 0.4) is 0 Å². The molecule has 0 aliphatic rings. The number of hydrogen-bond donors (Lipinski definition) is 3. The van der Waals surface area contributed by atoms with Gasteiger partial charge in [0.15, 0.2) is 6.10 Å². The molecule has 1 heterocycles. The number of aryl methyl sites for hydroxylation is 1. The molecule has 8 heteroatoms. The van der Waals surface area contributed by atoms with Crippen LogP contribution in [0.5, 0.6) is 0 Å². The van der Waals surface area contributed by atoms with E-state index in [9.17, 15) is 14.4 Å². The Morgan fingerprint density at radius 2 is 2.14 bits per heavy atom. The molecule has 1 atom stereocenters. The van der Waals surface area contributed by atoms with Crippen LogP contribution in [-0.4, -0.2) is 44.5 Å². The van der Waals surface area contributed by atoms with Gasteiger partial charge in [-0.1, -0.05) is 13.3 Å². The molecule has 0 bridgehead atoms. The zero-order valence-corrected chi connectivity index (χ0v) is 11.8. The third-order valence-electron chi connectivity index (χ3n) is 2.81. The second kappa shape index (κ2) is 8.15. The molecule has 0 aliphatic carbocycles. The van der Waals surface area contributed by atoms with Crippen LogP contribution in [0.4, 0.5) is 0 Å². The fourth-order valence-electron chi connectivity index (χ4n) is 1.57. The zero-order valence-electron chi connectivity index (χ0n) is 11.8. The van der Waals surface area contributed by atoms with Crippen LogP contribution in [0, 0.1) is 0 Å². The summed E-state index contributed by atoms with van der Waals surface area (Å²) in [6.45, 7) is 2.42. The van der Waals surface area contributed by atoms with Gasteiger partial charge in [0.1, 0.15) is 5.69 Å². The number of aliphatic carboxylic acids is 1. The van der Waals surface area contributed by atoms with Gasteiger partial charge in [0.2, 0.25) is 0 Å². The van der Waals surface area contributed by atoms with Crippen molar-refractivity contribution in [1.29, 1.82) is 0 Å². The van der Waals surface area contributed by atoms with Gasteiger partial charge < -0.3 is 15.5 Å². The number of carboxylic acid groups (broad SMARTS) is 1. The third-order valence-corrected chi connectivity index (χ3v) is 2.81. The molecule has 116 valence electrons. The number of carbonyl (C=O) groups excluding carboxylic acids is 1. The average molecular weight is 297 g/mol. The molecule has 1 aromatic rings. The highest BCUT2D eigenvalue weighted by molar-refractivity contribution is 5.92. The predicted octanol–water partition coefficient (Wildman–Crippen LogP) is -0.391. The Balaban J connectivity index is 2.61. The van der Waals surface area contributed by atoms with Crippen molar-refractivity contribution in [1.82, 2.24) is 15.1 Å². The van der Waals surface area contributed by atoms with Gasteiger partial charge >= 0.3 is 5.97 Å². The number of aliphatic hydroxyl groups is 1. The summed E-state index contributed by atoms with van der Waals surface area (Å²) in [6.07, 6.45) is 0.0634. The molecule has 0 aromatic carbocycles. The van der Waals surface area contributed by atoms with Crippen molar-refractivity contribution in [3.05, 3.63) is 28.2 Å². The molecule has 21 heavy (non-hydrogen) atoms. The van der Waals surface area contributed by atoms with Crippen LogP contribution >= 0.6 is 0 Å². The molecular formula is C13H19N3O5. The monoisotopic (exact) mass is 297 g/mol. The number of hydrogen-bond acceptors (Lipinski definition) is 5. The Morgan fingerprint density at radius 3 is 2.76 bits per heavy atom. The number of unbranched alkanes of at least 4 members (excludes halogenated alkanes) is 1. The van der Waals surface area contributed by atoms with Crippen LogP contribution in [0.2, 0.25) is 0 Å². The van der Waals surface area contributed by atoms with E-state index < -0.39 is 18.0 Å². The van der Waals surface area contributed by atoms with E-state index >= 15 is 0 Å². The molecule has 0 saturated carbocycles. The topological polar surface area (TPSA) is 122 Å². The molecule has 1 aromatic heterocycles. The lowest BCUT2D eigenvalue weighted by atomic mass is 10.2. The summed E-state index contributed by atoms with van der Waals surface area (Å²) in [5.74, 6) is -1.85. The van der Waals surface area contributed by atoms with Crippen LogP contribution in [0.15, 0.2) is 16.9 Å². The maximum Gasteiger partial charge on any atom is 0.332 e. The van der Waals surface area contributed by atoms with E-state index in [-0.39, 0.29) is 24.2 Å². The van der Waals surface area contributed by atoms with E-state index in [4.69, 9.17) is 10.2 Å². The van der Waals surface area contributed by atoms with E-state index in [2.05, 4.69) is 10.4 Å². The van der Waals surface area contributed by atoms with E-state index in [0.29, 0.717) is 6.54 Å². The van der Waals surface area contributed by atoms with Crippen LogP contribution in [-0.2, 0) is 11.3 Å². The summed E-state index contributed by atoms with van der Waals surface area (Å²) in [7, 11) is 0. The smallest absolute Gasteiger partial charge is 0.332 e. The van der Waals surface area contributed by atoms with Crippen molar-refractivity contribution in [3.8, 4) is 0 Å². The Hall–Kier alpha value is -2.22. The Morgan fingerprint density at radius 1 is 1.43 bits per heavy atom. The van der Waals surface area contributed by atoms with E-state index in [1.165, 1.54) is 16.8 Å². The number of nitrogens with one attached hydrogen (secondary N) is 1. The van der Waals surface area contributed by atoms with Gasteiger partial charge in [-0.2, -0.15) is 5.10 Å². The molecule has 0 aliphatic heterocycles. The van der Waals surface area contributed by atoms with Gasteiger partial charge in [-0.15, -0.1) is 0 Å². The summed E-state index contributed by atoms with van der Waals surface area (Å²) < 4.78 is 1.23. The molecular weight excluding hydrogens is 278 g/mol. The van der Waals surface area contributed by atoms with Gasteiger partial charge in [0, 0.05) is 25.6 Å². The maximum absolute atomic E-state index is 11.8. The van der Waals surface area contributed by atoms with Crippen molar-refractivity contribution in [2.45, 2.75) is 38.8 Å². The number of nitrogens with zero attached hydrogens (tertiary/aromatic N) is 2. The highest BCUT2D eigenvalue weighted by atomic mass is 16.4. The Labute approximate surface area is 121 Å². The maximum atomic E-state index is 11.8. The van der Waals surface area contributed by atoms with Gasteiger partial charge in [0.05, 0.1) is 0 Å². The minimum atomic E-state index is -1.52. The third kappa shape index (κ3) is 5.35. The first kappa shape index (κ1) is 16.8. The minimum absolute atomic E-state index is 0.00205. The van der Waals surface area contributed by atoms with Gasteiger partial charge in [-0.3, -0.25) is 9.59 Å².